The van der Waals surface area contributed by atoms with Crippen LogP contribution in [-0.2, 0) is 9.59 Å². The van der Waals surface area contributed by atoms with Crippen LogP contribution in [0.5, 0.6) is 0 Å². The average molecular weight is 301 g/mol. The first-order valence-electron chi connectivity index (χ1n) is 7.16. The van der Waals surface area contributed by atoms with Crippen molar-refractivity contribution in [1.29, 1.82) is 0 Å². The van der Waals surface area contributed by atoms with Crippen LogP contribution in [0.15, 0.2) is 0 Å². The lowest BCUT2D eigenvalue weighted by molar-refractivity contribution is -0.149. The fourth-order valence-corrected chi connectivity index (χ4v) is 4.16. The maximum atomic E-state index is 12.5. The van der Waals surface area contributed by atoms with Crippen molar-refractivity contribution in [1.82, 2.24) is 9.80 Å². The fourth-order valence-electron chi connectivity index (χ4n) is 2.79. The summed E-state index contributed by atoms with van der Waals surface area (Å²) >= 11 is 1.56. The summed E-state index contributed by atoms with van der Waals surface area (Å²) in [7, 11) is 0. The van der Waals surface area contributed by atoms with Crippen LogP contribution in [0.2, 0.25) is 0 Å². The van der Waals surface area contributed by atoms with Gasteiger partial charge in [-0.25, -0.2) is 4.79 Å². The van der Waals surface area contributed by atoms with Crippen molar-refractivity contribution in [3.63, 3.8) is 0 Å². The van der Waals surface area contributed by atoms with Gasteiger partial charge >= 0.3 is 5.97 Å². The molecule has 0 spiro atoms. The van der Waals surface area contributed by atoms with Crippen molar-refractivity contribution in [3.8, 4) is 0 Å². The van der Waals surface area contributed by atoms with E-state index in [9.17, 15) is 14.7 Å². The Balaban J connectivity index is 1.96. The lowest BCUT2D eigenvalue weighted by atomic mass is 10.1. The summed E-state index contributed by atoms with van der Waals surface area (Å²) in [6.45, 7) is 3.94. The number of carbonyl (C=O) groups is 2. The normalized spacial score (nSPS) is 28.8. The summed E-state index contributed by atoms with van der Waals surface area (Å²) in [6, 6.07) is -0.441. The van der Waals surface area contributed by atoms with E-state index >= 15 is 0 Å². The van der Waals surface area contributed by atoms with Crippen LogP contribution in [0.4, 0.5) is 0 Å². The topological polar surface area (TPSA) is 86.9 Å². The van der Waals surface area contributed by atoms with Gasteiger partial charge in [0.15, 0.2) is 0 Å². The van der Waals surface area contributed by atoms with Gasteiger partial charge in [-0.1, -0.05) is 6.92 Å². The largest absolute Gasteiger partial charge is 0.480 e. The number of carboxylic acids is 1. The van der Waals surface area contributed by atoms with Gasteiger partial charge in [0.1, 0.15) is 6.04 Å². The molecule has 114 valence electrons. The zero-order valence-corrected chi connectivity index (χ0v) is 12.6. The third kappa shape index (κ3) is 3.45. The molecular weight excluding hydrogens is 278 g/mol. The van der Waals surface area contributed by atoms with Crippen molar-refractivity contribution in [3.05, 3.63) is 0 Å². The fraction of sp³-hybridized carbons (Fsp3) is 0.846. The lowest BCUT2D eigenvalue weighted by Gasteiger charge is -2.33. The highest BCUT2D eigenvalue weighted by atomic mass is 32.2. The van der Waals surface area contributed by atoms with E-state index in [0.29, 0.717) is 12.3 Å². The highest BCUT2D eigenvalue weighted by molar-refractivity contribution is 8.00. The van der Waals surface area contributed by atoms with E-state index < -0.39 is 12.0 Å². The molecule has 1 amide bonds. The molecular formula is C13H23N3O3S. The van der Waals surface area contributed by atoms with Gasteiger partial charge in [0.25, 0.3) is 0 Å². The van der Waals surface area contributed by atoms with Crippen molar-refractivity contribution in [2.45, 2.75) is 43.6 Å². The first kappa shape index (κ1) is 15.6. The Morgan fingerprint density at radius 1 is 1.35 bits per heavy atom. The van der Waals surface area contributed by atoms with Crippen molar-refractivity contribution < 1.29 is 14.7 Å². The van der Waals surface area contributed by atoms with Crippen LogP contribution >= 0.6 is 11.8 Å². The van der Waals surface area contributed by atoms with E-state index in [1.165, 1.54) is 0 Å². The maximum absolute atomic E-state index is 12.5. The third-order valence-electron chi connectivity index (χ3n) is 4.01. The number of rotatable bonds is 4. The standard InChI is InChI=1S/C13H23N3O3S/c1-2-12-16(10(8-20-12)13(18)19)11(17)7-15-5-3-9(14)4-6-15/h9-10,12H,2-8,14H2,1H3,(H,18,19). The van der Waals surface area contributed by atoms with Crippen molar-refractivity contribution in [2.24, 2.45) is 5.73 Å². The molecule has 0 aromatic heterocycles. The van der Waals surface area contributed by atoms with Gasteiger partial charge in [0, 0.05) is 24.9 Å². The van der Waals surface area contributed by atoms with E-state index in [2.05, 4.69) is 4.90 Å². The second-order valence-corrected chi connectivity index (χ2v) is 6.68. The summed E-state index contributed by atoms with van der Waals surface area (Å²) in [5.41, 5.74) is 5.85. The molecule has 0 aromatic rings. The Hall–Kier alpha value is -0.790. The van der Waals surface area contributed by atoms with Gasteiger partial charge < -0.3 is 15.7 Å². The average Bonchev–Trinajstić information content (AvgIpc) is 2.85. The van der Waals surface area contributed by atoms with Crippen molar-refractivity contribution >= 4 is 23.6 Å². The van der Waals surface area contributed by atoms with Gasteiger partial charge in [-0.05, 0) is 19.3 Å². The molecule has 2 unspecified atom stereocenters. The molecule has 2 aliphatic heterocycles. The zero-order chi connectivity index (χ0) is 14.7. The molecule has 0 aromatic carbocycles. The number of hydrogen-bond donors (Lipinski definition) is 2. The van der Waals surface area contributed by atoms with Crippen LogP contribution in [0.3, 0.4) is 0 Å². The molecule has 0 saturated carbocycles. The van der Waals surface area contributed by atoms with Gasteiger partial charge in [0.2, 0.25) is 5.91 Å². The first-order chi connectivity index (χ1) is 9.52. The molecule has 2 rings (SSSR count). The quantitative estimate of drug-likeness (QED) is 0.770. The molecule has 0 aliphatic carbocycles. The lowest BCUT2D eigenvalue weighted by Crippen LogP contribution is -2.51. The Bertz CT molecular complexity index is 372. The SMILES string of the molecule is CCC1SCC(C(=O)O)N1C(=O)CN1CCC(N)CC1. The van der Waals surface area contributed by atoms with E-state index in [-0.39, 0.29) is 17.3 Å². The molecule has 6 nitrogen and oxygen atoms in total. The second kappa shape index (κ2) is 6.78. The number of piperidine rings is 1. The predicted octanol–water partition coefficient (Wildman–Crippen LogP) is 0.174. The summed E-state index contributed by atoms with van der Waals surface area (Å²) in [6.07, 6.45) is 2.59. The Morgan fingerprint density at radius 3 is 2.55 bits per heavy atom. The molecule has 2 heterocycles. The van der Waals surface area contributed by atoms with Gasteiger partial charge in [-0.15, -0.1) is 11.8 Å². The number of aliphatic carboxylic acids is 1. The maximum Gasteiger partial charge on any atom is 0.327 e. The van der Waals surface area contributed by atoms with E-state index in [1.54, 1.807) is 16.7 Å². The number of likely N-dealkylation sites (tertiary alicyclic amines) is 1. The van der Waals surface area contributed by atoms with Crippen LogP contribution in [0.25, 0.3) is 0 Å². The molecule has 7 heteroatoms. The minimum absolute atomic E-state index is 0.00403. The summed E-state index contributed by atoms with van der Waals surface area (Å²) in [4.78, 5) is 27.4. The van der Waals surface area contributed by atoms with Gasteiger partial charge in [0.05, 0.1) is 11.9 Å². The molecule has 0 radical (unpaired) electrons. The van der Waals surface area contributed by atoms with Gasteiger partial charge in [-0.3, -0.25) is 9.69 Å². The molecule has 3 N–H and O–H groups in total. The van der Waals surface area contributed by atoms with Crippen LogP contribution in [0, 0.1) is 0 Å². The first-order valence-corrected chi connectivity index (χ1v) is 8.21. The van der Waals surface area contributed by atoms with Crippen LogP contribution in [-0.4, -0.2) is 69.6 Å². The number of hydrogen-bond acceptors (Lipinski definition) is 5. The summed E-state index contributed by atoms with van der Waals surface area (Å²) in [5, 5.41) is 9.25. The predicted molar refractivity (Wildman–Crippen MR) is 78.5 cm³/mol. The number of nitrogens with two attached hydrogens (primary N) is 1. The van der Waals surface area contributed by atoms with Crippen molar-refractivity contribution in [2.75, 3.05) is 25.4 Å². The van der Waals surface area contributed by atoms with E-state index in [4.69, 9.17) is 5.73 Å². The van der Waals surface area contributed by atoms with E-state index in [0.717, 1.165) is 32.4 Å². The number of carbonyl (C=O) groups excluding carboxylic acids is 1. The smallest absolute Gasteiger partial charge is 0.327 e. The number of amides is 1. The van der Waals surface area contributed by atoms with Crippen LogP contribution in [0.1, 0.15) is 26.2 Å². The molecule has 2 saturated heterocycles. The highest BCUT2D eigenvalue weighted by Gasteiger charge is 2.41. The van der Waals surface area contributed by atoms with Gasteiger partial charge in [-0.2, -0.15) is 0 Å². The highest BCUT2D eigenvalue weighted by Crippen LogP contribution is 2.31. The minimum Gasteiger partial charge on any atom is -0.480 e. The second-order valence-electron chi connectivity index (χ2n) is 5.46. The molecule has 20 heavy (non-hydrogen) atoms. The summed E-state index contributed by atoms with van der Waals surface area (Å²) < 4.78 is 0. The molecule has 2 aliphatic rings. The molecule has 2 fully saturated rings. The monoisotopic (exact) mass is 301 g/mol. The minimum atomic E-state index is -0.900. The molecule has 0 bridgehead atoms. The Kier molecular flexibility index (Phi) is 5.29. The third-order valence-corrected chi connectivity index (χ3v) is 5.46. The molecule has 2 atom stereocenters. The number of carboxylic acid groups (broad SMARTS) is 1. The number of nitrogens with zero attached hydrogens (tertiary/aromatic N) is 2. The summed E-state index contributed by atoms with van der Waals surface area (Å²) in [5.74, 6) is -0.475. The van der Waals surface area contributed by atoms with E-state index in [1.807, 2.05) is 6.92 Å². The Morgan fingerprint density at radius 2 is 2.00 bits per heavy atom. The van der Waals surface area contributed by atoms with Crippen LogP contribution < -0.4 is 5.73 Å². The zero-order valence-electron chi connectivity index (χ0n) is 11.8. The number of thioether (sulfide) groups is 1. The Labute approximate surface area is 123 Å².